The fraction of sp³-hybridized carbons (Fsp3) is 0.211. The second-order valence-corrected chi connectivity index (χ2v) is 6.71. The molecule has 0 amide bonds. The Morgan fingerprint density at radius 2 is 1.85 bits per heavy atom. The number of hydrogen-bond donors (Lipinski definition) is 0. The van der Waals surface area contributed by atoms with Crippen molar-refractivity contribution in [3.63, 3.8) is 0 Å². The third-order valence-corrected chi connectivity index (χ3v) is 4.85. The largest absolute Gasteiger partial charge is 0.417 e. The summed E-state index contributed by atoms with van der Waals surface area (Å²) >= 11 is 11.9. The molecule has 136 valence electrons. The molecule has 0 aromatic heterocycles. The Morgan fingerprint density at radius 3 is 2.54 bits per heavy atom. The monoisotopic (exact) mass is 398 g/mol. The van der Waals surface area contributed by atoms with Gasteiger partial charge in [0.1, 0.15) is 0 Å². The molecule has 2 aromatic carbocycles. The van der Waals surface area contributed by atoms with Crippen molar-refractivity contribution in [1.29, 1.82) is 0 Å². The predicted molar refractivity (Wildman–Crippen MR) is 102 cm³/mol. The summed E-state index contributed by atoms with van der Waals surface area (Å²) < 4.78 is 40.6. The van der Waals surface area contributed by atoms with Gasteiger partial charge in [0.05, 0.1) is 27.9 Å². The molecule has 0 atom stereocenters. The van der Waals surface area contributed by atoms with E-state index in [2.05, 4.69) is 4.99 Å². The summed E-state index contributed by atoms with van der Waals surface area (Å²) in [7, 11) is 1.76. The highest BCUT2D eigenvalue weighted by molar-refractivity contribution is 6.42. The normalized spacial score (nSPS) is 15.0. The maximum Gasteiger partial charge on any atom is 0.417 e. The smallest absolute Gasteiger partial charge is 0.372 e. The molecule has 7 heteroatoms. The molecule has 3 rings (SSSR count). The Hall–Kier alpha value is -1.98. The number of benzene rings is 2. The number of nitrogens with zero attached hydrogens (tertiary/aromatic N) is 2. The van der Waals surface area contributed by atoms with Gasteiger partial charge in [0.15, 0.2) is 0 Å². The minimum Gasteiger partial charge on any atom is -0.372 e. The van der Waals surface area contributed by atoms with Crippen molar-refractivity contribution in [2.45, 2.75) is 6.18 Å². The van der Waals surface area contributed by atoms with Crippen LogP contribution in [-0.4, -0.2) is 25.8 Å². The lowest BCUT2D eigenvalue weighted by Gasteiger charge is -2.22. The molecule has 1 heterocycles. The Labute approximate surface area is 159 Å². The molecule has 0 aliphatic carbocycles. The maximum atomic E-state index is 13.5. The Bertz CT molecular complexity index is 889. The number of aliphatic imine (C=N–C) groups is 1. The molecule has 26 heavy (non-hydrogen) atoms. The van der Waals surface area contributed by atoms with Crippen LogP contribution in [0.4, 0.5) is 18.9 Å². The van der Waals surface area contributed by atoms with E-state index in [1.54, 1.807) is 48.4 Å². The first-order valence-corrected chi connectivity index (χ1v) is 8.62. The zero-order chi connectivity index (χ0) is 18.9. The number of halogens is 5. The van der Waals surface area contributed by atoms with E-state index in [0.29, 0.717) is 34.5 Å². The van der Waals surface area contributed by atoms with Gasteiger partial charge in [-0.15, -0.1) is 0 Å². The number of fused-ring (bicyclic) bond motifs is 1. The molecule has 2 aromatic rings. The van der Waals surface area contributed by atoms with Crippen LogP contribution in [-0.2, 0) is 6.18 Å². The quantitative estimate of drug-likeness (QED) is 0.608. The number of alkyl halides is 3. The van der Waals surface area contributed by atoms with Gasteiger partial charge in [-0.3, -0.25) is 4.99 Å². The van der Waals surface area contributed by atoms with Gasteiger partial charge in [-0.1, -0.05) is 41.4 Å². The van der Waals surface area contributed by atoms with E-state index < -0.39 is 11.7 Å². The Balaban J connectivity index is 2.09. The van der Waals surface area contributed by atoms with Crippen LogP contribution in [0.2, 0.25) is 10.0 Å². The van der Waals surface area contributed by atoms with Crippen molar-refractivity contribution < 1.29 is 13.2 Å². The molecule has 1 aliphatic heterocycles. The van der Waals surface area contributed by atoms with Crippen LogP contribution >= 0.6 is 23.2 Å². The summed E-state index contributed by atoms with van der Waals surface area (Å²) in [4.78, 5) is 6.16. The van der Waals surface area contributed by atoms with Crippen LogP contribution in [0.25, 0.3) is 6.08 Å². The van der Waals surface area contributed by atoms with Gasteiger partial charge < -0.3 is 4.90 Å². The standard InChI is InChI=1S/C19H15Cl2F3N2/c1-26-10-9-25-16(8-6-12-5-7-14(20)15(21)11-12)18-13(19(22,23)24)3-2-4-17(18)26/h2-8,11H,9-10H2,1H3. The number of rotatable bonds is 2. The molecule has 0 fully saturated rings. The molecule has 0 radical (unpaired) electrons. The van der Waals surface area contributed by atoms with Gasteiger partial charge >= 0.3 is 6.18 Å². The van der Waals surface area contributed by atoms with Crippen molar-refractivity contribution >= 4 is 40.7 Å². The molecule has 0 bridgehead atoms. The van der Waals surface area contributed by atoms with E-state index in [0.717, 1.165) is 11.6 Å². The van der Waals surface area contributed by atoms with Crippen LogP contribution < -0.4 is 4.90 Å². The third kappa shape index (κ3) is 3.89. The van der Waals surface area contributed by atoms with Crippen LogP contribution in [0.1, 0.15) is 16.7 Å². The van der Waals surface area contributed by atoms with Crippen molar-refractivity contribution in [2.24, 2.45) is 4.99 Å². The van der Waals surface area contributed by atoms with E-state index in [-0.39, 0.29) is 5.56 Å². The van der Waals surface area contributed by atoms with Crippen LogP contribution in [0.3, 0.4) is 0 Å². The summed E-state index contributed by atoms with van der Waals surface area (Å²) in [6, 6.07) is 9.22. The number of hydrogen-bond acceptors (Lipinski definition) is 2. The van der Waals surface area contributed by atoms with Crippen molar-refractivity contribution in [1.82, 2.24) is 0 Å². The first-order chi connectivity index (χ1) is 12.3. The zero-order valence-corrected chi connectivity index (χ0v) is 15.3. The molecule has 0 unspecified atom stereocenters. The second kappa shape index (κ2) is 7.33. The molecule has 0 saturated heterocycles. The van der Waals surface area contributed by atoms with E-state index in [4.69, 9.17) is 23.2 Å². The highest BCUT2D eigenvalue weighted by Crippen LogP contribution is 2.37. The van der Waals surface area contributed by atoms with Gasteiger partial charge in [-0.2, -0.15) is 13.2 Å². The van der Waals surface area contributed by atoms with Crippen molar-refractivity contribution in [2.75, 3.05) is 25.0 Å². The van der Waals surface area contributed by atoms with Crippen LogP contribution in [0.15, 0.2) is 47.5 Å². The van der Waals surface area contributed by atoms with Crippen molar-refractivity contribution in [3.8, 4) is 0 Å². The summed E-state index contributed by atoms with van der Waals surface area (Å²) in [5.41, 5.74) is 0.932. The topological polar surface area (TPSA) is 15.6 Å². The SMILES string of the molecule is CN1CCN=C(C=Cc2ccc(Cl)c(Cl)c2)c2c1cccc2C(F)(F)F. The molecular weight excluding hydrogens is 384 g/mol. The minimum absolute atomic E-state index is 0.0938. The van der Waals surface area contributed by atoms with E-state index >= 15 is 0 Å². The lowest BCUT2D eigenvalue weighted by molar-refractivity contribution is -0.137. The average Bonchev–Trinajstić information content (AvgIpc) is 2.74. The molecule has 0 N–H and O–H groups in total. The number of allylic oxidation sites excluding steroid dienone is 1. The molecule has 2 nitrogen and oxygen atoms in total. The molecular formula is C19H15Cl2F3N2. The van der Waals surface area contributed by atoms with Crippen LogP contribution in [0, 0.1) is 0 Å². The van der Waals surface area contributed by atoms with Crippen LogP contribution in [0.5, 0.6) is 0 Å². The zero-order valence-electron chi connectivity index (χ0n) is 13.8. The lowest BCUT2D eigenvalue weighted by Crippen LogP contribution is -2.22. The molecule has 0 spiro atoms. The predicted octanol–water partition coefficient (Wildman–Crippen LogP) is 5.96. The first-order valence-electron chi connectivity index (χ1n) is 7.86. The van der Waals surface area contributed by atoms with Gasteiger partial charge in [-0.05, 0) is 35.9 Å². The Kier molecular flexibility index (Phi) is 5.30. The third-order valence-electron chi connectivity index (χ3n) is 4.11. The van der Waals surface area contributed by atoms with Crippen molar-refractivity contribution in [3.05, 3.63) is 69.2 Å². The van der Waals surface area contributed by atoms with Gasteiger partial charge in [0.25, 0.3) is 0 Å². The van der Waals surface area contributed by atoms with Gasteiger partial charge in [-0.25, -0.2) is 0 Å². The summed E-state index contributed by atoms with van der Waals surface area (Å²) in [5.74, 6) is 0. The van der Waals surface area contributed by atoms with E-state index in [9.17, 15) is 13.2 Å². The second-order valence-electron chi connectivity index (χ2n) is 5.89. The Morgan fingerprint density at radius 1 is 1.08 bits per heavy atom. The minimum atomic E-state index is -4.46. The van der Waals surface area contributed by atoms with E-state index in [1.165, 1.54) is 6.07 Å². The van der Waals surface area contributed by atoms with Gasteiger partial charge in [0, 0.05) is 24.8 Å². The number of anilines is 1. The molecule has 1 aliphatic rings. The maximum absolute atomic E-state index is 13.5. The highest BCUT2D eigenvalue weighted by atomic mass is 35.5. The van der Waals surface area contributed by atoms with E-state index in [1.807, 2.05) is 0 Å². The summed E-state index contributed by atoms with van der Waals surface area (Å²) in [5, 5.41) is 0.801. The fourth-order valence-electron chi connectivity index (χ4n) is 2.81. The summed E-state index contributed by atoms with van der Waals surface area (Å²) in [6.45, 7) is 0.946. The fourth-order valence-corrected chi connectivity index (χ4v) is 3.12. The number of benzodiazepines with no additional fused rings is 1. The van der Waals surface area contributed by atoms with Gasteiger partial charge in [0.2, 0.25) is 0 Å². The molecule has 0 saturated carbocycles. The summed E-state index contributed by atoms with van der Waals surface area (Å²) in [6.07, 6.45) is -1.19. The lowest BCUT2D eigenvalue weighted by atomic mass is 9.98. The first kappa shape index (κ1) is 18.8. The highest BCUT2D eigenvalue weighted by Gasteiger charge is 2.36. The number of likely N-dealkylation sites (N-methyl/N-ethyl adjacent to an activating group) is 1. The average molecular weight is 399 g/mol.